The maximum atomic E-state index is 13.5. The van der Waals surface area contributed by atoms with Crippen molar-refractivity contribution in [1.82, 2.24) is 0 Å². The minimum absolute atomic E-state index is 0.324. The van der Waals surface area contributed by atoms with E-state index in [4.69, 9.17) is 28.4 Å². The highest BCUT2D eigenvalue weighted by Gasteiger charge is 2.48. The van der Waals surface area contributed by atoms with Crippen molar-refractivity contribution in [3.05, 3.63) is 82.0 Å². The zero-order valence-electron chi connectivity index (χ0n) is 28.7. The van der Waals surface area contributed by atoms with Crippen molar-refractivity contribution >= 4 is 47.2 Å². The minimum Gasteiger partial charge on any atom is -0.462 e. The van der Waals surface area contributed by atoms with Crippen molar-refractivity contribution in [3.63, 3.8) is 0 Å². The van der Waals surface area contributed by atoms with Gasteiger partial charge in [-0.15, -0.1) is 11.3 Å². The molecule has 0 spiro atoms. The smallest absolute Gasteiger partial charge is 0.303 e. The number of hydrogen-bond acceptors (Lipinski definition) is 13. The summed E-state index contributed by atoms with van der Waals surface area (Å²) in [5.74, 6) is -5.46. The normalized spacial score (nSPS) is 13.8. The third kappa shape index (κ3) is 11.8. The van der Waals surface area contributed by atoms with Crippen LogP contribution in [0.1, 0.15) is 69.2 Å². The predicted molar refractivity (Wildman–Crippen MR) is 177 cm³/mol. The number of aryl methyl sites for hydroxylation is 1. The van der Waals surface area contributed by atoms with E-state index in [0.717, 1.165) is 68.0 Å². The number of hydrogen-bond donors (Lipinski definition) is 0. The first-order valence-electron chi connectivity index (χ1n) is 15.5. The summed E-state index contributed by atoms with van der Waals surface area (Å²) >= 11 is 1.51. The average Bonchev–Trinajstić information content (AvgIpc) is 3.48. The maximum absolute atomic E-state index is 13.5. The highest BCUT2D eigenvalue weighted by molar-refractivity contribution is 7.15. The average molecular weight is 715 g/mol. The first-order valence-corrected chi connectivity index (χ1v) is 16.3. The Balaban J connectivity index is 2.15. The number of thiophene rings is 1. The molecule has 2 aromatic carbocycles. The topological polar surface area (TPSA) is 158 Å². The van der Waals surface area contributed by atoms with Gasteiger partial charge >= 0.3 is 35.8 Å². The van der Waals surface area contributed by atoms with Gasteiger partial charge in [0.1, 0.15) is 12.4 Å². The zero-order valence-corrected chi connectivity index (χ0v) is 29.5. The SMILES string of the molecule is CC(=O)OC[C@@H](OC(C)=O)[C@@H](OC(C)=O)[C@H](OC(C)=O)[C@@H](OC(C)=O)C(OC(C)=O)c1ccc(C)c(Cc2ccc(-c3ccc(F)cc3)s2)c1. The molecule has 0 aliphatic heterocycles. The Bertz CT molecular complexity index is 1700. The highest BCUT2D eigenvalue weighted by atomic mass is 32.1. The molecule has 0 saturated carbocycles. The van der Waals surface area contributed by atoms with E-state index in [1.54, 1.807) is 30.3 Å². The van der Waals surface area contributed by atoms with Gasteiger partial charge in [-0.05, 0) is 53.4 Å². The molecule has 12 nitrogen and oxygen atoms in total. The highest BCUT2D eigenvalue weighted by Crippen LogP contribution is 2.35. The van der Waals surface area contributed by atoms with Gasteiger partial charge in [-0.25, -0.2) is 4.39 Å². The second-order valence-electron chi connectivity index (χ2n) is 11.3. The molecule has 14 heteroatoms. The number of halogens is 1. The van der Waals surface area contributed by atoms with Gasteiger partial charge in [0.2, 0.25) is 0 Å². The lowest BCUT2D eigenvalue weighted by atomic mass is 9.91. The molecule has 0 N–H and O–H groups in total. The number of carbonyl (C=O) groups is 6. The van der Waals surface area contributed by atoms with E-state index < -0.39 is 72.9 Å². The lowest BCUT2D eigenvalue weighted by molar-refractivity contribution is -0.214. The van der Waals surface area contributed by atoms with E-state index in [0.29, 0.717) is 12.0 Å². The van der Waals surface area contributed by atoms with Gasteiger partial charge in [0, 0.05) is 57.7 Å². The van der Waals surface area contributed by atoms with Gasteiger partial charge in [0.25, 0.3) is 0 Å². The largest absolute Gasteiger partial charge is 0.462 e. The molecule has 1 unspecified atom stereocenters. The van der Waals surface area contributed by atoms with Crippen LogP contribution in [0.2, 0.25) is 0 Å². The maximum Gasteiger partial charge on any atom is 0.303 e. The summed E-state index contributed by atoms with van der Waals surface area (Å²) in [7, 11) is 0. The summed E-state index contributed by atoms with van der Waals surface area (Å²) in [5.41, 5.74) is 2.86. The van der Waals surface area contributed by atoms with Gasteiger partial charge in [-0.1, -0.05) is 30.3 Å². The van der Waals surface area contributed by atoms with E-state index in [-0.39, 0.29) is 5.82 Å². The summed E-state index contributed by atoms with van der Waals surface area (Å²) in [6.07, 6.45) is -7.72. The van der Waals surface area contributed by atoms with Crippen LogP contribution in [0.4, 0.5) is 4.39 Å². The third-order valence-electron chi connectivity index (χ3n) is 7.14. The number of ether oxygens (including phenoxy) is 6. The molecule has 0 fully saturated rings. The van der Waals surface area contributed by atoms with Crippen molar-refractivity contribution in [3.8, 4) is 10.4 Å². The Morgan fingerprint density at radius 2 is 1.20 bits per heavy atom. The Morgan fingerprint density at radius 1 is 0.640 bits per heavy atom. The molecule has 0 aliphatic carbocycles. The Morgan fingerprint density at radius 3 is 1.76 bits per heavy atom. The van der Waals surface area contributed by atoms with Crippen LogP contribution in [0, 0.1) is 12.7 Å². The monoisotopic (exact) mass is 714 g/mol. The summed E-state index contributed by atoms with van der Waals surface area (Å²) in [5, 5.41) is 0. The van der Waals surface area contributed by atoms with Gasteiger partial charge in [0.15, 0.2) is 30.5 Å². The van der Waals surface area contributed by atoms with E-state index in [1.807, 2.05) is 19.1 Å². The molecule has 1 aromatic heterocycles. The molecule has 268 valence electrons. The predicted octanol–water partition coefficient (Wildman–Crippen LogP) is 5.35. The van der Waals surface area contributed by atoms with Crippen LogP contribution in [-0.2, 0) is 63.6 Å². The van der Waals surface area contributed by atoms with Crippen molar-refractivity contribution in [2.45, 2.75) is 85.4 Å². The molecule has 0 aliphatic rings. The molecule has 3 aromatic rings. The zero-order chi connectivity index (χ0) is 37.1. The molecule has 0 bridgehead atoms. The molecule has 0 radical (unpaired) electrons. The molecule has 3 rings (SSSR count). The quantitative estimate of drug-likeness (QED) is 0.147. The van der Waals surface area contributed by atoms with Crippen LogP contribution < -0.4 is 0 Å². The Labute approximate surface area is 292 Å². The van der Waals surface area contributed by atoms with Crippen LogP contribution in [0.5, 0.6) is 0 Å². The first-order chi connectivity index (χ1) is 23.5. The molecule has 50 heavy (non-hydrogen) atoms. The fraction of sp³-hybridized carbons (Fsp3) is 0.389. The second-order valence-corrected chi connectivity index (χ2v) is 12.5. The summed E-state index contributed by atoms with van der Waals surface area (Å²) in [6.45, 7) is 7.69. The Kier molecular flexibility index (Phi) is 14.2. The number of carbonyl (C=O) groups excluding carboxylic acids is 6. The molecular formula is C36H39FO12S. The first kappa shape index (κ1) is 39.3. The van der Waals surface area contributed by atoms with Crippen LogP contribution in [-0.4, -0.2) is 66.8 Å². The van der Waals surface area contributed by atoms with E-state index in [1.165, 1.54) is 23.5 Å². The van der Waals surface area contributed by atoms with Crippen LogP contribution in [0.15, 0.2) is 54.6 Å². The van der Waals surface area contributed by atoms with Crippen LogP contribution in [0.25, 0.3) is 10.4 Å². The van der Waals surface area contributed by atoms with Gasteiger partial charge < -0.3 is 28.4 Å². The summed E-state index contributed by atoms with van der Waals surface area (Å²) in [6, 6.07) is 15.2. The standard InChI is InChI=1S/C36H39FO12S/c1-19-8-9-27(16-28(19)17-30-14-15-32(50-30)26-10-12-29(37)13-11-26)33(46-22(4)40)35(48-24(6)42)36(49-25(7)43)34(47-23(5)41)31(45-21(3)39)18-44-20(2)38/h8-16,31,33-36H,17-18H2,1-7H3/t31-,33?,34-,35+,36+/m1/s1. The fourth-order valence-electron chi connectivity index (χ4n) is 5.15. The van der Waals surface area contributed by atoms with E-state index >= 15 is 0 Å². The van der Waals surface area contributed by atoms with Gasteiger partial charge in [0.05, 0.1) is 0 Å². The summed E-state index contributed by atoms with van der Waals surface area (Å²) < 4.78 is 46.3. The molecule has 1 heterocycles. The van der Waals surface area contributed by atoms with Crippen molar-refractivity contribution in [2.24, 2.45) is 0 Å². The summed E-state index contributed by atoms with van der Waals surface area (Å²) in [4.78, 5) is 75.8. The van der Waals surface area contributed by atoms with E-state index in [2.05, 4.69) is 0 Å². The van der Waals surface area contributed by atoms with Crippen LogP contribution in [0.3, 0.4) is 0 Å². The third-order valence-corrected chi connectivity index (χ3v) is 8.27. The fourth-order valence-corrected chi connectivity index (χ4v) is 6.19. The van der Waals surface area contributed by atoms with E-state index in [9.17, 15) is 33.2 Å². The molecule has 0 saturated heterocycles. The lowest BCUT2D eigenvalue weighted by Crippen LogP contribution is -2.54. The number of benzene rings is 2. The lowest BCUT2D eigenvalue weighted by Gasteiger charge is -2.38. The van der Waals surface area contributed by atoms with Gasteiger partial charge in [-0.3, -0.25) is 28.8 Å². The van der Waals surface area contributed by atoms with Crippen molar-refractivity contribution < 1.29 is 61.6 Å². The molecule has 5 atom stereocenters. The van der Waals surface area contributed by atoms with Gasteiger partial charge in [-0.2, -0.15) is 0 Å². The minimum atomic E-state index is -1.76. The molecule has 0 amide bonds. The second kappa shape index (κ2) is 18.0. The number of rotatable bonds is 15. The molecular weight excluding hydrogens is 675 g/mol. The number of esters is 6. The van der Waals surface area contributed by atoms with Crippen molar-refractivity contribution in [2.75, 3.05) is 6.61 Å². The Hall–Kier alpha value is -5.11. The van der Waals surface area contributed by atoms with Crippen molar-refractivity contribution in [1.29, 1.82) is 0 Å². The van der Waals surface area contributed by atoms with Crippen LogP contribution >= 0.6 is 11.3 Å².